The highest BCUT2D eigenvalue weighted by atomic mass is 16.5. The first kappa shape index (κ1) is 13.5. The van der Waals surface area contributed by atoms with Crippen molar-refractivity contribution in [3.8, 4) is 5.88 Å². The van der Waals surface area contributed by atoms with Crippen LogP contribution in [-0.2, 0) is 0 Å². The van der Waals surface area contributed by atoms with E-state index >= 15 is 0 Å². The molecular weight excluding hydrogens is 240 g/mol. The molecule has 0 aliphatic rings. The summed E-state index contributed by atoms with van der Waals surface area (Å²) in [7, 11) is 5.91. The molecule has 5 heteroatoms. The minimum Gasteiger partial charge on any atom is -0.477 e. The second-order valence-electron chi connectivity index (χ2n) is 4.62. The van der Waals surface area contributed by atoms with E-state index in [1.54, 1.807) is 7.05 Å². The summed E-state index contributed by atoms with van der Waals surface area (Å²) in [6.07, 6.45) is 0.972. The highest BCUT2D eigenvalue weighted by Crippen LogP contribution is 2.23. The van der Waals surface area contributed by atoms with Gasteiger partial charge >= 0.3 is 0 Å². The maximum atomic E-state index is 5.79. The van der Waals surface area contributed by atoms with Gasteiger partial charge in [-0.1, -0.05) is 12.1 Å². The first-order valence-electron chi connectivity index (χ1n) is 6.43. The standard InChI is InChI=1S/C14H20N4O/c1-15-14-16-12-8-5-4-7-11(12)13(17-14)19-10-6-9-18(2)3/h4-5,7-8H,6,9-10H2,1-3H3,(H,15,16,17). The fourth-order valence-electron chi connectivity index (χ4n) is 1.82. The maximum absolute atomic E-state index is 5.79. The van der Waals surface area contributed by atoms with Gasteiger partial charge in [0.1, 0.15) is 0 Å². The number of ether oxygens (including phenoxy) is 1. The molecule has 0 spiro atoms. The summed E-state index contributed by atoms with van der Waals surface area (Å²) < 4.78 is 5.79. The molecule has 0 radical (unpaired) electrons. The fourth-order valence-corrected chi connectivity index (χ4v) is 1.82. The molecule has 19 heavy (non-hydrogen) atoms. The first-order chi connectivity index (χ1) is 9.20. The maximum Gasteiger partial charge on any atom is 0.226 e. The monoisotopic (exact) mass is 260 g/mol. The van der Waals surface area contributed by atoms with Crippen LogP contribution in [-0.4, -0.2) is 49.2 Å². The summed E-state index contributed by atoms with van der Waals surface area (Å²) in [5.41, 5.74) is 0.893. The SMILES string of the molecule is CNc1nc(OCCCN(C)C)c2ccccc2n1. The Bertz CT molecular complexity index is 542. The van der Waals surface area contributed by atoms with E-state index in [0.29, 0.717) is 18.4 Å². The van der Waals surface area contributed by atoms with Gasteiger partial charge < -0.3 is 15.0 Å². The lowest BCUT2D eigenvalue weighted by atomic mass is 10.2. The lowest BCUT2D eigenvalue weighted by Crippen LogP contribution is -2.16. The van der Waals surface area contributed by atoms with Crippen LogP contribution in [0, 0.1) is 0 Å². The van der Waals surface area contributed by atoms with Crippen molar-refractivity contribution in [1.29, 1.82) is 0 Å². The number of anilines is 1. The molecule has 0 saturated heterocycles. The van der Waals surface area contributed by atoms with Crippen LogP contribution in [0.15, 0.2) is 24.3 Å². The van der Waals surface area contributed by atoms with Gasteiger partial charge in [-0.05, 0) is 32.6 Å². The number of para-hydroxylation sites is 1. The quantitative estimate of drug-likeness (QED) is 0.805. The van der Waals surface area contributed by atoms with Gasteiger partial charge in [-0.15, -0.1) is 0 Å². The molecule has 0 bridgehead atoms. The third kappa shape index (κ3) is 3.54. The Balaban J connectivity index is 2.16. The lowest BCUT2D eigenvalue weighted by Gasteiger charge is -2.12. The Hall–Kier alpha value is -1.88. The summed E-state index contributed by atoms with van der Waals surface area (Å²) in [4.78, 5) is 10.9. The van der Waals surface area contributed by atoms with Gasteiger partial charge in [0.2, 0.25) is 11.8 Å². The van der Waals surface area contributed by atoms with Crippen LogP contribution in [0.5, 0.6) is 5.88 Å². The van der Waals surface area contributed by atoms with Crippen molar-refractivity contribution in [2.45, 2.75) is 6.42 Å². The molecule has 0 amide bonds. The van der Waals surface area contributed by atoms with Crippen LogP contribution < -0.4 is 10.1 Å². The second-order valence-corrected chi connectivity index (χ2v) is 4.62. The number of nitrogens with one attached hydrogen (secondary N) is 1. The molecule has 0 aliphatic heterocycles. The number of hydrogen-bond acceptors (Lipinski definition) is 5. The molecule has 0 fully saturated rings. The normalized spacial score (nSPS) is 10.9. The van der Waals surface area contributed by atoms with E-state index in [-0.39, 0.29) is 0 Å². The predicted octanol–water partition coefficient (Wildman–Crippen LogP) is 2.00. The van der Waals surface area contributed by atoms with E-state index in [9.17, 15) is 0 Å². The average molecular weight is 260 g/mol. The van der Waals surface area contributed by atoms with E-state index in [1.165, 1.54) is 0 Å². The minimum atomic E-state index is 0.585. The van der Waals surface area contributed by atoms with Gasteiger partial charge in [-0.3, -0.25) is 0 Å². The molecule has 1 N–H and O–H groups in total. The van der Waals surface area contributed by atoms with Crippen molar-refractivity contribution in [3.05, 3.63) is 24.3 Å². The smallest absolute Gasteiger partial charge is 0.226 e. The Morgan fingerprint density at radius 1 is 1.21 bits per heavy atom. The predicted molar refractivity (Wildman–Crippen MR) is 77.8 cm³/mol. The van der Waals surface area contributed by atoms with E-state index in [1.807, 2.05) is 24.3 Å². The Morgan fingerprint density at radius 3 is 2.74 bits per heavy atom. The zero-order valence-corrected chi connectivity index (χ0v) is 11.7. The van der Waals surface area contributed by atoms with Crippen LogP contribution in [0.1, 0.15) is 6.42 Å². The topological polar surface area (TPSA) is 50.3 Å². The van der Waals surface area contributed by atoms with Crippen molar-refractivity contribution >= 4 is 16.9 Å². The largest absolute Gasteiger partial charge is 0.477 e. The van der Waals surface area contributed by atoms with E-state index in [2.05, 4.69) is 34.3 Å². The molecule has 1 aromatic carbocycles. The van der Waals surface area contributed by atoms with Crippen molar-refractivity contribution in [3.63, 3.8) is 0 Å². The third-order valence-electron chi connectivity index (χ3n) is 2.78. The van der Waals surface area contributed by atoms with Crippen LogP contribution in [0.3, 0.4) is 0 Å². The molecule has 1 aromatic heterocycles. The minimum absolute atomic E-state index is 0.585. The molecule has 0 unspecified atom stereocenters. The Morgan fingerprint density at radius 2 is 2.00 bits per heavy atom. The van der Waals surface area contributed by atoms with Crippen molar-refractivity contribution in [2.75, 3.05) is 39.6 Å². The summed E-state index contributed by atoms with van der Waals surface area (Å²) >= 11 is 0. The van der Waals surface area contributed by atoms with Crippen LogP contribution >= 0.6 is 0 Å². The third-order valence-corrected chi connectivity index (χ3v) is 2.78. The Kier molecular flexibility index (Phi) is 4.52. The number of benzene rings is 1. The number of aromatic nitrogens is 2. The second kappa shape index (κ2) is 6.33. The van der Waals surface area contributed by atoms with E-state index in [4.69, 9.17) is 4.74 Å². The van der Waals surface area contributed by atoms with Gasteiger partial charge in [-0.25, -0.2) is 4.98 Å². The van der Waals surface area contributed by atoms with Crippen LogP contribution in [0.25, 0.3) is 10.9 Å². The van der Waals surface area contributed by atoms with Gasteiger partial charge in [-0.2, -0.15) is 4.98 Å². The van der Waals surface area contributed by atoms with Crippen molar-refractivity contribution in [1.82, 2.24) is 14.9 Å². The number of nitrogens with zero attached hydrogens (tertiary/aromatic N) is 3. The van der Waals surface area contributed by atoms with Crippen LogP contribution in [0.4, 0.5) is 5.95 Å². The molecule has 0 aliphatic carbocycles. The number of fused-ring (bicyclic) bond motifs is 1. The van der Waals surface area contributed by atoms with Gasteiger partial charge in [0.25, 0.3) is 0 Å². The summed E-state index contributed by atoms with van der Waals surface area (Å²) in [5.74, 6) is 1.23. The number of rotatable bonds is 6. The van der Waals surface area contributed by atoms with Gasteiger partial charge in [0, 0.05) is 13.6 Å². The Labute approximate surface area is 113 Å². The summed E-state index contributed by atoms with van der Waals surface area (Å²) in [6, 6.07) is 7.88. The molecule has 5 nitrogen and oxygen atoms in total. The summed E-state index contributed by atoms with van der Waals surface area (Å²) in [5, 5.41) is 3.91. The van der Waals surface area contributed by atoms with Crippen molar-refractivity contribution in [2.24, 2.45) is 0 Å². The molecule has 2 rings (SSSR count). The van der Waals surface area contributed by atoms with Gasteiger partial charge in [0.15, 0.2) is 0 Å². The fraction of sp³-hybridized carbons (Fsp3) is 0.429. The van der Waals surface area contributed by atoms with E-state index < -0.39 is 0 Å². The first-order valence-corrected chi connectivity index (χ1v) is 6.43. The van der Waals surface area contributed by atoms with Crippen molar-refractivity contribution < 1.29 is 4.74 Å². The van der Waals surface area contributed by atoms with Gasteiger partial charge in [0.05, 0.1) is 17.5 Å². The average Bonchev–Trinajstić information content (AvgIpc) is 2.42. The number of hydrogen-bond donors (Lipinski definition) is 1. The molecule has 0 atom stereocenters. The zero-order valence-electron chi connectivity index (χ0n) is 11.7. The van der Waals surface area contributed by atoms with Crippen LogP contribution in [0.2, 0.25) is 0 Å². The molecule has 1 heterocycles. The summed E-state index contributed by atoms with van der Waals surface area (Å²) in [6.45, 7) is 1.66. The zero-order chi connectivity index (χ0) is 13.7. The van der Waals surface area contributed by atoms with E-state index in [0.717, 1.165) is 23.9 Å². The lowest BCUT2D eigenvalue weighted by molar-refractivity contribution is 0.276. The molecule has 2 aromatic rings. The molecule has 0 saturated carbocycles. The molecule has 102 valence electrons. The highest BCUT2D eigenvalue weighted by molar-refractivity contribution is 5.84. The highest BCUT2D eigenvalue weighted by Gasteiger charge is 2.07. The molecular formula is C14H20N4O.